The van der Waals surface area contributed by atoms with Crippen molar-refractivity contribution < 1.29 is 14.4 Å². The molecule has 1 saturated carbocycles. The Kier molecular flexibility index (Phi) is 9.60. The SMILES string of the molecule is NC(N)=NCCC[C@@H](C=O)NC(=O)[C@@H]1CCCC[C@@H]1NC(=O)[C@H](N)Cc1ccc2ccccc2c1. The van der Waals surface area contributed by atoms with Crippen LogP contribution in [0.25, 0.3) is 10.8 Å². The molecule has 1 aliphatic rings. The van der Waals surface area contributed by atoms with Gasteiger partial charge in [-0.2, -0.15) is 0 Å². The minimum absolute atomic E-state index is 0.00342. The maximum absolute atomic E-state index is 13.0. The second-order valence-electron chi connectivity index (χ2n) is 9.20. The van der Waals surface area contributed by atoms with Gasteiger partial charge in [-0.15, -0.1) is 0 Å². The van der Waals surface area contributed by atoms with Crippen LogP contribution in [0.4, 0.5) is 0 Å². The number of guanidine groups is 1. The van der Waals surface area contributed by atoms with Gasteiger partial charge in [-0.05, 0) is 48.4 Å². The zero-order chi connectivity index (χ0) is 25.2. The van der Waals surface area contributed by atoms with Crippen LogP contribution in [0.5, 0.6) is 0 Å². The number of carbonyl (C=O) groups excluding carboxylic acids is 3. The summed E-state index contributed by atoms with van der Waals surface area (Å²) in [5, 5.41) is 8.05. The second-order valence-corrected chi connectivity index (χ2v) is 9.20. The summed E-state index contributed by atoms with van der Waals surface area (Å²) in [7, 11) is 0. The lowest BCUT2D eigenvalue weighted by Gasteiger charge is -2.32. The van der Waals surface area contributed by atoms with E-state index >= 15 is 0 Å². The minimum Gasteiger partial charge on any atom is -0.370 e. The Balaban J connectivity index is 1.55. The molecule has 9 heteroatoms. The van der Waals surface area contributed by atoms with E-state index in [2.05, 4.69) is 15.6 Å². The maximum Gasteiger partial charge on any atom is 0.237 e. The first kappa shape index (κ1) is 26.2. The molecule has 3 rings (SSSR count). The molecule has 0 bridgehead atoms. The van der Waals surface area contributed by atoms with Crippen molar-refractivity contribution in [2.24, 2.45) is 28.1 Å². The molecule has 35 heavy (non-hydrogen) atoms. The number of nitrogens with two attached hydrogens (primary N) is 3. The lowest BCUT2D eigenvalue weighted by Crippen LogP contribution is -2.54. The molecule has 2 aromatic carbocycles. The number of hydrogen-bond donors (Lipinski definition) is 5. The monoisotopic (exact) mass is 480 g/mol. The van der Waals surface area contributed by atoms with Crippen LogP contribution in [0.2, 0.25) is 0 Å². The van der Waals surface area contributed by atoms with Crippen LogP contribution >= 0.6 is 0 Å². The van der Waals surface area contributed by atoms with Gasteiger partial charge in [0.25, 0.3) is 0 Å². The predicted octanol–water partition coefficient (Wildman–Crippen LogP) is 1.12. The molecule has 188 valence electrons. The summed E-state index contributed by atoms with van der Waals surface area (Å²) in [6, 6.07) is 12.4. The summed E-state index contributed by atoms with van der Waals surface area (Å²) in [4.78, 5) is 41.2. The lowest BCUT2D eigenvalue weighted by molar-refractivity contribution is -0.130. The standard InChI is InChI=1S/C26H36N6O3/c27-22(15-17-11-12-18-6-1-2-7-19(18)14-17)25(35)32-23-10-4-3-9-21(23)24(34)31-20(16-33)8-5-13-30-26(28)29/h1-2,6-7,11-12,14,16,20-23H,3-5,8-10,13,15,27H2,(H,31,34)(H,32,35)(H4,28,29,30)/t20-,21+,22+,23-/m0/s1. The van der Waals surface area contributed by atoms with E-state index in [0.717, 1.165) is 35.5 Å². The third-order valence-electron chi connectivity index (χ3n) is 6.50. The number of nitrogens with zero attached hydrogens (tertiary/aromatic N) is 1. The van der Waals surface area contributed by atoms with Gasteiger partial charge < -0.3 is 32.6 Å². The molecule has 9 nitrogen and oxygen atoms in total. The second kappa shape index (κ2) is 12.9. The Labute approximate surface area is 205 Å². The van der Waals surface area contributed by atoms with Crippen molar-refractivity contribution in [1.29, 1.82) is 0 Å². The molecule has 0 saturated heterocycles. The number of rotatable bonds is 11. The van der Waals surface area contributed by atoms with Gasteiger partial charge in [0.2, 0.25) is 11.8 Å². The average molecular weight is 481 g/mol. The van der Waals surface area contributed by atoms with Crippen LogP contribution < -0.4 is 27.8 Å². The first-order chi connectivity index (χ1) is 16.9. The minimum atomic E-state index is -0.722. The molecular weight excluding hydrogens is 444 g/mol. The molecule has 0 unspecified atom stereocenters. The molecule has 1 fully saturated rings. The highest BCUT2D eigenvalue weighted by Gasteiger charge is 2.33. The summed E-state index contributed by atoms with van der Waals surface area (Å²) >= 11 is 0. The number of aldehydes is 1. The van der Waals surface area contributed by atoms with Crippen molar-refractivity contribution in [2.75, 3.05) is 6.54 Å². The predicted molar refractivity (Wildman–Crippen MR) is 137 cm³/mol. The van der Waals surface area contributed by atoms with Crippen LogP contribution in [0.15, 0.2) is 47.5 Å². The lowest BCUT2D eigenvalue weighted by atomic mass is 9.83. The molecule has 1 aliphatic carbocycles. The third-order valence-corrected chi connectivity index (χ3v) is 6.50. The van der Waals surface area contributed by atoms with E-state index in [4.69, 9.17) is 17.2 Å². The largest absolute Gasteiger partial charge is 0.370 e. The molecule has 0 aliphatic heterocycles. The Hall–Kier alpha value is -3.46. The zero-order valence-electron chi connectivity index (χ0n) is 20.0. The fraction of sp³-hybridized carbons (Fsp3) is 0.462. The number of hydrogen-bond acceptors (Lipinski definition) is 5. The van der Waals surface area contributed by atoms with Gasteiger partial charge >= 0.3 is 0 Å². The van der Waals surface area contributed by atoms with Gasteiger partial charge in [-0.1, -0.05) is 55.3 Å². The Bertz CT molecular complexity index is 1050. The molecule has 0 heterocycles. The average Bonchev–Trinajstić information content (AvgIpc) is 2.85. The van der Waals surface area contributed by atoms with Crippen LogP contribution in [0.1, 0.15) is 44.1 Å². The van der Waals surface area contributed by atoms with E-state index in [9.17, 15) is 14.4 Å². The van der Waals surface area contributed by atoms with E-state index in [1.165, 1.54) is 0 Å². The first-order valence-electron chi connectivity index (χ1n) is 12.2. The van der Waals surface area contributed by atoms with Gasteiger partial charge in [0, 0.05) is 12.6 Å². The van der Waals surface area contributed by atoms with Crippen LogP contribution in [0, 0.1) is 5.92 Å². The van der Waals surface area contributed by atoms with Gasteiger partial charge in [0.05, 0.1) is 18.0 Å². The maximum atomic E-state index is 13.0. The molecule has 2 aromatic rings. The highest BCUT2D eigenvalue weighted by atomic mass is 16.2. The molecule has 0 spiro atoms. The normalized spacial score (nSPS) is 19.3. The number of aliphatic imine (C=N–C) groups is 1. The summed E-state index contributed by atoms with van der Waals surface area (Å²) < 4.78 is 0. The molecule has 2 amide bonds. The van der Waals surface area contributed by atoms with Crippen molar-refractivity contribution in [2.45, 2.75) is 63.1 Å². The topological polar surface area (TPSA) is 166 Å². The summed E-state index contributed by atoms with van der Waals surface area (Å²) in [5.74, 6) is -0.902. The Morgan fingerprint density at radius 2 is 1.83 bits per heavy atom. The quantitative estimate of drug-likeness (QED) is 0.140. The van der Waals surface area contributed by atoms with E-state index in [1.54, 1.807) is 0 Å². The van der Waals surface area contributed by atoms with E-state index in [-0.39, 0.29) is 23.8 Å². The highest BCUT2D eigenvalue weighted by Crippen LogP contribution is 2.25. The third kappa shape index (κ3) is 7.78. The van der Waals surface area contributed by atoms with E-state index in [0.29, 0.717) is 38.6 Å². The van der Waals surface area contributed by atoms with Crippen LogP contribution in [-0.2, 0) is 20.8 Å². The van der Waals surface area contributed by atoms with Crippen LogP contribution in [0.3, 0.4) is 0 Å². The fourth-order valence-corrected chi connectivity index (χ4v) is 4.60. The van der Waals surface area contributed by atoms with Crippen molar-refractivity contribution in [3.05, 3.63) is 48.0 Å². The highest BCUT2D eigenvalue weighted by molar-refractivity contribution is 5.86. The van der Waals surface area contributed by atoms with E-state index in [1.807, 2.05) is 42.5 Å². The number of amides is 2. The zero-order valence-corrected chi connectivity index (χ0v) is 20.0. The summed E-state index contributed by atoms with van der Waals surface area (Å²) in [6.45, 7) is 0.389. The fourth-order valence-electron chi connectivity index (χ4n) is 4.60. The molecule has 0 aromatic heterocycles. The van der Waals surface area contributed by atoms with Gasteiger partial charge in [0.15, 0.2) is 5.96 Å². The summed E-state index contributed by atoms with van der Waals surface area (Å²) in [6.07, 6.45) is 5.29. The molecule has 8 N–H and O–H groups in total. The molecule has 0 radical (unpaired) electrons. The number of nitrogens with one attached hydrogen (secondary N) is 2. The smallest absolute Gasteiger partial charge is 0.237 e. The van der Waals surface area contributed by atoms with Crippen molar-refractivity contribution >= 4 is 34.8 Å². The van der Waals surface area contributed by atoms with Crippen molar-refractivity contribution in [3.8, 4) is 0 Å². The number of carbonyl (C=O) groups is 3. The Morgan fingerprint density at radius 1 is 1.09 bits per heavy atom. The number of fused-ring (bicyclic) bond motifs is 1. The van der Waals surface area contributed by atoms with Gasteiger partial charge in [-0.25, -0.2) is 0 Å². The first-order valence-corrected chi connectivity index (χ1v) is 12.2. The van der Waals surface area contributed by atoms with Crippen molar-refractivity contribution in [3.63, 3.8) is 0 Å². The molecular formula is C26H36N6O3. The molecule has 4 atom stereocenters. The van der Waals surface area contributed by atoms with Gasteiger partial charge in [0.1, 0.15) is 6.29 Å². The summed E-state index contributed by atoms with van der Waals surface area (Å²) in [5.41, 5.74) is 17.8. The van der Waals surface area contributed by atoms with Crippen molar-refractivity contribution in [1.82, 2.24) is 10.6 Å². The van der Waals surface area contributed by atoms with E-state index < -0.39 is 18.0 Å². The van der Waals surface area contributed by atoms with Gasteiger partial charge in [-0.3, -0.25) is 14.6 Å². The Morgan fingerprint density at radius 3 is 2.57 bits per heavy atom. The van der Waals surface area contributed by atoms with Crippen LogP contribution in [-0.4, -0.2) is 48.7 Å². The number of benzene rings is 2.